The second kappa shape index (κ2) is 4.16. The highest BCUT2D eigenvalue weighted by atomic mass is 16.6. The fourth-order valence-corrected chi connectivity index (χ4v) is 3.41. The average Bonchev–Trinajstić information content (AvgIpc) is 2.60. The van der Waals surface area contributed by atoms with Gasteiger partial charge in [0.25, 0.3) is 0 Å². The summed E-state index contributed by atoms with van der Waals surface area (Å²) in [5.41, 5.74) is 0.424. The summed E-state index contributed by atoms with van der Waals surface area (Å²) in [6, 6.07) is 0.780. The highest BCUT2D eigenvalue weighted by molar-refractivity contribution is 5.68. The third-order valence-corrected chi connectivity index (χ3v) is 4.55. The van der Waals surface area contributed by atoms with E-state index in [2.05, 4.69) is 11.3 Å². The molecule has 0 aromatic carbocycles. The van der Waals surface area contributed by atoms with Crippen molar-refractivity contribution >= 4 is 6.09 Å². The van der Waals surface area contributed by atoms with Crippen LogP contribution in [0.15, 0.2) is 0 Å². The second-order valence-corrected chi connectivity index (χ2v) is 5.68. The number of amides is 1. The van der Waals surface area contributed by atoms with Gasteiger partial charge >= 0.3 is 6.09 Å². The van der Waals surface area contributed by atoms with Gasteiger partial charge in [0, 0.05) is 32.2 Å². The summed E-state index contributed by atoms with van der Waals surface area (Å²) in [4.78, 5) is 16.1. The van der Waals surface area contributed by atoms with E-state index in [9.17, 15) is 4.79 Å². The molecule has 3 aliphatic rings. The smallest absolute Gasteiger partial charge is 0.409 e. The maximum Gasteiger partial charge on any atom is 0.409 e. The number of likely N-dealkylation sites (tertiary alicyclic amines) is 2. The van der Waals surface area contributed by atoms with E-state index in [1.54, 1.807) is 0 Å². The number of rotatable bonds is 2. The zero-order valence-electron chi connectivity index (χ0n) is 10.5. The maximum absolute atomic E-state index is 11.6. The van der Waals surface area contributed by atoms with Gasteiger partial charge in [-0.25, -0.2) is 4.79 Å². The predicted molar refractivity (Wildman–Crippen MR) is 64.5 cm³/mol. The molecule has 0 bridgehead atoms. The van der Waals surface area contributed by atoms with Gasteiger partial charge < -0.3 is 9.64 Å². The van der Waals surface area contributed by atoms with E-state index < -0.39 is 0 Å². The number of carbonyl (C=O) groups excluding carboxylic acids is 1. The van der Waals surface area contributed by atoms with Crippen LogP contribution in [0.25, 0.3) is 0 Å². The molecule has 3 rings (SSSR count). The summed E-state index contributed by atoms with van der Waals surface area (Å²) in [5, 5.41) is 0. The van der Waals surface area contributed by atoms with Crippen LogP contribution in [0.5, 0.6) is 0 Å². The van der Waals surface area contributed by atoms with Gasteiger partial charge in [0.1, 0.15) is 0 Å². The largest absolute Gasteiger partial charge is 0.450 e. The summed E-state index contributed by atoms with van der Waals surface area (Å²) in [6.45, 7) is 6.49. The lowest BCUT2D eigenvalue weighted by molar-refractivity contribution is -0.00476. The molecule has 0 aromatic rings. The predicted octanol–water partition coefficient (Wildman–Crippen LogP) is 1.52. The molecule has 0 aromatic heterocycles. The number of ether oxygens (including phenoxy) is 1. The van der Waals surface area contributed by atoms with E-state index in [1.807, 2.05) is 11.8 Å². The van der Waals surface area contributed by atoms with Crippen LogP contribution in [0.4, 0.5) is 4.79 Å². The molecule has 1 saturated carbocycles. The lowest BCUT2D eigenvalue weighted by Crippen LogP contribution is -2.56. The standard InChI is InChI=1S/C13H21N2O2/c1-2-17-12(16)15-7-4-13(10-15)8-11(9-13)14-5-3-6-14/h3,11H,2,4-10H2,1H3. The van der Waals surface area contributed by atoms with Gasteiger partial charge in [0.15, 0.2) is 0 Å². The topological polar surface area (TPSA) is 32.8 Å². The first-order valence-electron chi connectivity index (χ1n) is 6.70. The molecule has 4 heteroatoms. The fraction of sp³-hybridized carbons (Fsp3) is 0.846. The van der Waals surface area contributed by atoms with Crippen molar-refractivity contribution < 1.29 is 9.53 Å². The monoisotopic (exact) mass is 237 g/mol. The molecule has 3 fully saturated rings. The Balaban J connectivity index is 1.49. The Hall–Kier alpha value is -0.770. The number of hydrogen-bond acceptors (Lipinski definition) is 3. The van der Waals surface area contributed by atoms with E-state index >= 15 is 0 Å². The van der Waals surface area contributed by atoms with Crippen LogP contribution in [-0.2, 0) is 4.74 Å². The Kier molecular flexibility index (Phi) is 2.77. The highest BCUT2D eigenvalue weighted by Gasteiger charge is 2.51. The summed E-state index contributed by atoms with van der Waals surface area (Å²) >= 11 is 0. The Morgan fingerprint density at radius 2 is 2.24 bits per heavy atom. The number of carbonyl (C=O) groups is 1. The Morgan fingerprint density at radius 3 is 2.82 bits per heavy atom. The zero-order valence-corrected chi connectivity index (χ0v) is 10.5. The first-order valence-corrected chi connectivity index (χ1v) is 6.70. The molecule has 95 valence electrons. The molecular weight excluding hydrogens is 216 g/mol. The van der Waals surface area contributed by atoms with Crippen LogP contribution < -0.4 is 0 Å². The minimum Gasteiger partial charge on any atom is -0.450 e. The average molecular weight is 237 g/mol. The zero-order chi connectivity index (χ0) is 11.9. The highest BCUT2D eigenvalue weighted by Crippen LogP contribution is 2.50. The van der Waals surface area contributed by atoms with Gasteiger partial charge in [-0.2, -0.15) is 0 Å². The van der Waals surface area contributed by atoms with Crippen molar-refractivity contribution in [2.24, 2.45) is 5.41 Å². The van der Waals surface area contributed by atoms with Crippen LogP contribution in [0.2, 0.25) is 0 Å². The van der Waals surface area contributed by atoms with Crippen molar-refractivity contribution in [3.63, 3.8) is 0 Å². The Bertz CT molecular complexity index is 309. The first-order chi connectivity index (χ1) is 8.22. The molecule has 2 saturated heterocycles. The van der Waals surface area contributed by atoms with Crippen LogP contribution in [0, 0.1) is 11.8 Å². The fourth-order valence-electron chi connectivity index (χ4n) is 3.41. The molecule has 1 radical (unpaired) electrons. The quantitative estimate of drug-likeness (QED) is 0.730. The second-order valence-electron chi connectivity index (χ2n) is 5.68. The van der Waals surface area contributed by atoms with Crippen LogP contribution >= 0.6 is 0 Å². The molecule has 1 amide bonds. The maximum atomic E-state index is 11.6. The van der Waals surface area contributed by atoms with Crippen molar-refractivity contribution in [3.05, 3.63) is 6.42 Å². The molecule has 1 aliphatic carbocycles. The molecule has 1 spiro atoms. The van der Waals surface area contributed by atoms with Crippen molar-refractivity contribution in [2.75, 3.05) is 32.8 Å². The molecule has 0 N–H and O–H groups in total. The lowest BCUT2D eigenvalue weighted by atomic mass is 9.64. The Labute approximate surface area is 103 Å². The minimum absolute atomic E-state index is 0.120. The Morgan fingerprint density at radius 1 is 1.47 bits per heavy atom. The molecule has 4 nitrogen and oxygen atoms in total. The van der Waals surface area contributed by atoms with E-state index in [4.69, 9.17) is 4.74 Å². The number of hydrogen-bond donors (Lipinski definition) is 0. The van der Waals surface area contributed by atoms with Gasteiger partial charge in [-0.15, -0.1) is 0 Å². The van der Waals surface area contributed by atoms with Crippen molar-refractivity contribution in [3.8, 4) is 0 Å². The van der Waals surface area contributed by atoms with Gasteiger partial charge in [0.05, 0.1) is 6.61 Å². The lowest BCUT2D eigenvalue weighted by Gasteiger charge is -2.52. The molecule has 2 aliphatic heterocycles. The molecule has 0 atom stereocenters. The third kappa shape index (κ3) is 1.92. The molecular formula is C13H21N2O2. The SMILES string of the molecule is CCOC(=O)N1CCC2(CC(N3C[CH]C3)C2)C1. The van der Waals surface area contributed by atoms with E-state index in [-0.39, 0.29) is 6.09 Å². The van der Waals surface area contributed by atoms with Crippen molar-refractivity contribution in [2.45, 2.75) is 32.2 Å². The van der Waals surface area contributed by atoms with Crippen LogP contribution in [-0.4, -0.2) is 54.7 Å². The molecule has 17 heavy (non-hydrogen) atoms. The van der Waals surface area contributed by atoms with E-state index in [1.165, 1.54) is 32.4 Å². The van der Waals surface area contributed by atoms with Crippen LogP contribution in [0.3, 0.4) is 0 Å². The van der Waals surface area contributed by atoms with Gasteiger partial charge in [-0.05, 0) is 38.0 Å². The van der Waals surface area contributed by atoms with Gasteiger partial charge in [0.2, 0.25) is 0 Å². The van der Waals surface area contributed by atoms with Gasteiger partial charge in [-0.3, -0.25) is 4.90 Å². The van der Waals surface area contributed by atoms with Crippen LogP contribution in [0.1, 0.15) is 26.2 Å². The van der Waals surface area contributed by atoms with Crippen molar-refractivity contribution in [1.82, 2.24) is 9.80 Å². The molecule has 2 heterocycles. The minimum atomic E-state index is -0.120. The third-order valence-electron chi connectivity index (χ3n) is 4.55. The van der Waals surface area contributed by atoms with E-state index in [0.717, 1.165) is 19.1 Å². The number of nitrogens with zero attached hydrogens (tertiary/aromatic N) is 2. The summed E-state index contributed by atoms with van der Waals surface area (Å²) in [5.74, 6) is 0. The van der Waals surface area contributed by atoms with Crippen molar-refractivity contribution in [1.29, 1.82) is 0 Å². The summed E-state index contributed by atoms with van der Waals surface area (Å²) in [7, 11) is 0. The molecule has 0 unspecified atom stereocenters. The first kappa shape index (κ1) is 11.3. The normalized spacial score (nSPS) is 36.8. The van der Waals surface area contributed by atoms with E-state index in [0.29, 0.717) is 12.0 Å². The van der Waals surface area contributed by atoms with Gasteiger partial charge in [-0.1, -0.05) is 0 Å². The summed E-state index contributed by atoms with van der Waals surface area (Å²) in [6.07, 6.45) is 5.92. The summed E-state index contributed by atoms with van der Waals surface area (Å²) < 4.78 is 5.07.